The molecule has 0 unspecified atom stereocenters. The van der Waals surface area contributed by atoms with Crippen molar-refractivity contribution in [2.75, 3.05) is 0 Å². The number of nitrogens with zero attached hydrogens (tertiary/aromatic N) is 4. The highest BCUT2D eigenvalue weighted by Gasteiger charge is 2.28. The molecular weight excluding hydrogens is 398 g/mol. The van der Waals surface area contributed by atoms with Crippen LogP contribution in [0.3, 0.4) is 0 Å². The van der Waals surface area contributed by atoms with Crippen LogP contribution in [0.1, 0.15) is 11.3 Å². The van der Waals surface area contributed by atoms with Crippen molar-refractivity contribution in [1.82, 2.24) is 15.3 Å². The molecule has 0 saturated carbocycles. The molecule has 2 aromatic heterocycles. The first-order valence-corrected chi connectivity index (χ1v) is 10.4. The minimum Gasteiger partial charge on any atom is -0.370 e. The number of amidine groups is 1. The van der Waals surface area contributed by atoms with E-state index in [4.69, 9.17) is 11.5 Å². The summed E-state index contributed by atoms with van der Waals surface area (Å²) in [5.74, 6) is 0.255. The van der Waals surface area contributed by atoms with E-state index in [9.17, 15) is 8.42 Å². The number of rotatable bonds is 4. The van der Waals surface area contributed by atoms with Crippen LogP contribution < -0.4 is 16.8 Å². The van der Waals surface area contributed by atoms with Gasteiger partial charge in [0.1, 0.15) is 16.4 Å². The Bertz CT molecular complexity index is 1210. The van der Waals surface area contributed by atoms with Crippen molar-refractivity contribution in [2.24, 2.45) is 20.9 Å². The molecule has 28 heavy (non-hydrogen) atoms. The van der Waals surface area contributed by atoms with E-state index in [1.165, 1.54) is 17.4 Å². The molecule has 9 nitrogen and oxygen atoms in total. The minimum absolute atomic E-state index is 0.0561. The first-order valence-electron chi connectivity index (χ1n) is 8.12. The van der Waals surface area contributed by atoms with E-state index in [0.717, 1.165) is 0 Å². The second-order valence-electron chi connectivity index (χ2n) is 5.83. The van der Waals surface area contributed by atoms with Crippen LogP contribution in [0.15, 0.2) is 62.1 Å². The van der Waals surface area contributed by atoms with Crippen LogP contribution in [-0.4, -0.2) is 30.2 Å². The van der Waals surface area contributed by atoms with Crippen molar-refractivity contribution in [2.45, 2.75) is 11.4 Å². The van der Waals surface area contributed by atoms with Gasteiger partial charge < -0.3 is 16.8 Å². The topological polar surface area (TPSA) is 149 Å². The maximum atomic E-state index is 12.1. The van der Waals surface area contributed by atoms with Crippen molar-refractivity contribution in [1.29, 1.82) is 0 Å². The Morgan fingerprint density at radius 2 is 1.89 bits per heavy atom. The predicted octanol–water partition coefficient (Wildman–Crippen LogP) is 1.35. The number of guanidine groups is 1. The lowest BCUT2D eigenvalue weighted by Gasteiger charge is -2.07. The summed E-state index contributed by atoms with van der Waals surface area (Å²) in [6.45, 7) is 0.307. The molecule has 1 aliphatic rings. The number of aliphatic imine (C=N–C) groups is 1. The summed E-state index contributed by atoms with van der Waals surface area (Å²) in [4.78, 5) is 13.0. The van der Waals surface area contributed by atoms with Crippen molar-refractivity contribution >= 4 is 38.3 Å². The van der Waals surface area contributed by atoms with E-state index >= 15 is 0 Å². The SMILES string of the molecule is NC(N)=Nc1nc(-c2cccc(CNC3=NS(=O)(=O)c4ccccc43)n2)cs1. The minimum atomic E-state index is -3.65. The second kappa shape index (κ2) is 7.02. The molecule has 0 spiro atoms. The Morgan fingerprint density at radius 1 is 1.07 bits per heavy atom. The number of fused-ring (bicyclic) bond motifs is 1. The lowest BCUT2D eigenvalue weighted by Crippen LogP contribution is -2.23. The van der Waals surface area contributed by atoms with Crippen LogP contribution >= 0.6 is 11.3 Å². The van der Waals surface area contributed by atoms with E-state index in [1.54, 1.807) is 18.2 Å². The van der Waals surface area contributed by atoms with Crippen molar-refractivity contribution in [3.05, 3.63) is 59.1 Å². The molecule has 3 heterocycles. The van der Waals surface area contributed by atoms with Crippen molar-refractivity contribution in [3.8, 4) is 11.4 Å². The van der Waals surface area contributed by atoms with Gasteiger partial charge in [0.05, 0.1) is 17.9 Å². The molecule has 0 amide bonds. The largest absolute Gasteiger partial charge is 0.370 e. The molecule has 1 aromatic carbocycles. The molecule has 0 aliphatic carbocycles. The molecule has 0 bridgehead atoms. The van der Waals surface area contributed by atoms with Gasteiger partial charge in [-0.25, -0.2) is 9.97 Å². The third kappa shape index (κ3) is 3.57. The van der Waals surface area contributed by atoms with E-state index in [2.05, 4.69) is 24.7 Å². The van der Waals surface area contributed by atoms with Gasteiger partial charge in [-0.3, -0.25) is 0 Å². The quantitative estimate of drug-likeness (QED) is 0.432. The molecule has 0 radical (unpaired) electrons. The summed E-state index contributed by atoms with van der Waals surface area (Å²) in [7, 11) is -3.65. The molecule has 0 fully saturated rings. The highest BCUT2D eigenvalue weighted by Crippen LogP contribution is 2.26. The van der Waals surface area contributed by atoms with E-state index in [-0.39, 0.29) is 10.9 Å². The monoisotopic (exact) mass is 413 g/mol. The Hall–Kier alpha value is -3.31. The van der Waals surface area contributed by atoms with Crippen molar-refractivity contribution < 1.29 is 8.42 Å². The Morgan fingerprint density at radius 3 is 2.71 bits per heavy atom. The van der Waals surface area contributed by atoms with E-state index < -0.39 is 10.0 Å². The fraction of sp³-hybridized carbons (Fsp3) is 0.0588. The number of thiazole rings is 1. The zero-order valence-electron chi connectivity index (χ0n) is 14.4. The molecule has 1 aliphatic heterocycles. The first-order chi connectivity index (χ1) is 13.4. The Kier molecular flexibility index (Phi) is 4.53. The normalized spacial score (nSPS) is 14.2. The van der Waals surface area contributed by atoms with E-state index in [0.29, 0.717) is 40.2 Å². The van der Waals surface area contributed by atoms with Gasteiger partial charge in [-0.2, -0.15) is 13.4 Å². The molecular formula is C17H15N7O2S2. The van der Waals surface area contributed by atoms with Crippen LogP contribution in [0.2, 0.25) is 0 Å². The third-order valence-electron chi connectivity index (χ3n) is 3.85. The average Bonchev–Trinajstić information content (AvgIpc) is 3.23. The summed E-state index contributed by atoms with van der Waals surface area (Å²) in [6, 6.07) is 12.2. The molecule has 142 valence electrons. The summed E-state index contributed by atoms with van der Waals surface area (Å²) in [5.41, 5.74) is 13.3. The predicted molar refractivity (Wildman–Crippen MR) is 108 cm³/mol. The fourth-order valence-corrected chi connectivity index (χ4v) is 4.57. The second-order valence-corrected chi connectivity index (χ2v) is 8.24. The van der Waals surface area contributed by atoms with Gasteiger partial charge in [0, 0.05) is 10.9 Å². The number of sulfonamides is 1. The first kappa shape index (κ1) is 18.1. The summed E-state index contributed by atoms with van der Waals surface area (Å²) >= 11 is 1.30. The maximum absolute atomic E-state index is 12.1. The van der Waals surface area contributed by atoms with Crippen molar-refractivity contribution in [3.63, 3.8) is 0 Å². The highest BCUT2D eigenvalue weighted by atomic mass is 32.2. The van der Waals surface area contributed by atoms with Gasteiger partial charge in [-0.15, -0.1) is 15.7 Å². The van der Waals surface area contributed by atoms with Gasteiger partial charge in [0.25, 0.3) is 10.0 Å². The van der Waals surface area contributed by atoms with Gasteiger partial charge in [-0.05, 0) is 24.3 Å². The molecule has 4 rings (SSSR count). The summed E-state index contributed by atoms with van der Waals surface area (Å²) < 4.78 is 28.0. The van der Waals surface area contributed by atoms with Gasteiger partial charge in [0.2, 0.25) is 5.13 Å². The number of pyridine rings is 1. The number of aromatic nitrogens is 2. The van der Waals surface area contributed by atoms with Gasteiger partial charge >= 0.3 is 0 Å². The zero-order valence-corrected chi connectivity index (χ0v) is 16.0. The van der Waals surface area contributed by atoms with Gasteiger partial charge in [-0.1, -0.05) is 18.2 Å². The summed E-state index contributed by atoms with van der Waals surface area (Å²) in [6.07, 6.45) is 0. The van der Waals surface area contributed by atoms with Gasteiger partial charge in [0.15, 0.2) is 5.96 Å². The third-order valence-corrected chi connectivity index (χ3v) is 5.92. The standard InChI is InChI=1S/C17H15N7O2S2/c18-16(19)23-17-22-13(9-27-17)12-6-3-4-10(21-12)8-20-15-11-5-1-2-7-14(11)28(25,26)24-15/h1-7,9H,8H2,(H,20,24)(H4,18,19,22,23). The molecule has 0 saturated heterocycles. The van der Waals surface area contributed by atoms with Crippen LogP contribution in [0.5, 0.6) is 0 Å². The lowest BCUT2D eigenvalue weighted by molar-refractivity contribution is 0.599. The Labute approximate surface area is 164 Å². The number of hydrogen-bond acceptors (Lipinski definition) is 7. The smallest absolute Gasteiger partial charge is 0.285 e. The molecule has 5 N–H and O–H groups in total. The fourth-order valence-electron chi connectivity index (χ4n) is 2.67. The lowest BCUT2D eigenvalue weighted by atomic mass is 10.2. The van der Waals surface area contributed by atoms with Crippen LogP contribution in [-0.2, 0) is 16.6 Å². The Balaban J connectivity index is 1.54. The average molecular weight is 413 g/mol. The van der Waals surface area contributed by atoms with Crippen LogP contribution in [0.4, 0.5) is 5.13 Å². The highest BCUT2D eigenvalue weighted by molar-refractivity contribution is 7.90. The molecule has 11 heteroatoms. The van der Waals surface area contributed by atoms with E-state index in [1.807, 2.05) is 23.6 Å². The molecule has 3 aromatic rings. The molecule has 0 atom stereocenters. The zero-order chi connectivity index (χ0) is 19.7. The number of benzene rings is 1. The van der Waals surface area contributed by atoms with Crippen LogP contribution in [0.25, 0.3) is 11.4 Å². The van der Waals surface area contributed by atoms with Crippen LogP contribution in [0, 0.1) is 0 Å². The number of nitrogens with two attached hydrogens (primary N) is 2. The maximum Gasteiger partial charge on any atom is 0.285 e. The summed E-state index contributed by atoms with van der Waals surface area (Å²) in [5, 5.41) is 5.31. The number of hydrogen-bond donors (Lipinski definition) is 3. The number of nitrogens with one attached hydrogen (secondary N) is 1.